The van der Waals surface area contributed by atoms with Crippen molar-refractivity contribution in [2.45, 2.75) is 51.7 Å². The standard InChI is InChI=1S/C24H32N4O3/c1-4-15-6-8-16(9-7-15)19-12-21(27-26-19)24(30)28-13-17-10-20(25-23(29)5-2)22(31-3)11-18(17)14-28/h6-9,12,17-18,20,22H,4-5,10-11,13-14H2,1-3H3,(H,25,29)(H,26,27)/t17-,18+,20-,22-/m0/s1. The van der Waals surface area contributed by atoms with Gasteiger partial charge in [0.15, 0.2) is 0 Å². The second-order valence-electron chi connectivity index (χ2n) is 8.72. The van der Waals surface area contributed by atoms with Gasteiger partial charge in [-0.15, -0.1) is 0 Å². The van der Waals surface area contributed by atoms with Gasteiger partial charge in [-0.1, -0.05) is 38.1 Å². The fraction of sp³-hybridized carbons (Fsp3) is 0.542. The van der Waals surface area contributed by atoms with Crippen LogP contribution in [0.1, 0.15) is 49.2 Å². The molecule has 1 aromatic carbocycles. The van der Waals surface area contributed by atoms with E-state index in [-0.39, 0.29) is 24.0 Å². The molecule has 1 aromatic heterocycles. The maximum absolute atomic E-state index is 13.1. The zero-order chi connectivity index (χ0) is 22.0. The van der Waals surface area contributed by atoms with E-state index in [4.69, 9.17) is 4.74 Å². The van der Waals surface area contributed by atoms with Gasteiger partial charge in [-0.05, 0) is 42.7 Å². The number of fused-ring (bicyclic) bond motifs is 1. The first-order chi connectivity index (χ1) is 15.0. The highest BCUT2D eigenvalue weighted by Gasteiger charge is 2.44. The average Bonchev–Trinajstić information content (AvgIpc) is 3.45. The SMILES string of the molecule is CCC(=O)N[C@H]1C[C@H]2CN(C(=O)c3cc(-c4ccc(CC)cc4)n[nH]3)C[C@H]2C[C@@H]1OC. The van der Waals surface area contributed by atoms with Crippen LogP contribution in [-0.4, -0.2) is 59.3 Å². The van der Waals surface area contributed by atoms with Crippen LogP contribution in [0.25, 0.3) is 11.3 Å². The Hall–Kier alpha value is -2.67. The molecule has 31 heavy (non-hydrogen) atoms. The topological polar surface area (TPSA) is 87.3 Å². The molecule has 4 rings (SSSR count). The number of nitrogens with one attached hydrogen (secondary N) is 2. The van der Waals surface area contributed by atoms with Crippen LogP contribution >= 0.6 is 0 Å². The summed E-state index contributed by atoms with van der Waals surface area (Å²) in [6.45, 7) is 5.41. The summed E-state index contributed by atoms with van der Waals surface area (Å²) in [5.74, 6) is 0.809. The van der Waals surface area contributed by atoms with E-state index in [1.807, 2.05) is 30.0 Å². The Morgan fingerprint density at radius 1 is 1.16 bits per heavy atom. The number of rotatable bonds is 6. The van der Waals surface area contributed by atoms with E-state index in [0.29, 0.717) is 30.5 Å². The molecule has 7 nitrogen and oxygen atoms in total. The maximum atomic E-state index is 13.1. The number of aromatic nitrogens is 2. The molecule has 2 fully saturated rings. The Morgan fingerprint density at radius 2 is 1.87 bits per heavy atom. The lowest BCUT2D eigenvalue weighted by Crippen LogP contribution is -2.50. The summed E-state index contributed by atoms with van der Waals surface area (Å²) >= 11 is 0. The third kappa shape index (κ3) is 4.51. The minimum Gasteiger partial charge on any atom is -0.379 e. The third-order valence-corrected chi connectivity index (χ3v) is 6.84. The largest absolute Gasteiger partial charge is 0.379 e. The molecule has 1 saturated heterocycles. The van der Waals surface area contributed by atoms with Crippen molar-refractivity contribution in [3.63, 3.8) is 0 Å². The number of carbonyl (C=O) groups is 2. The van der Waals surface area contributed by atoms with E-state index in [1.165, 1.54) is 5.56 Å². The van der Waals surface area contributed by atoms with Gasteiger partial charge in [0.1, 0.15) is 5.69 Å². The minimum absolute atomic E-state index is 0.00310. The maximum Gasteiger partial charge on any atom is 0.271 e. The number of aryl methyl sites for hydroxylation is 1. The monoisotopic (exact) mass is 424 g/mol. The first-order valence-corrected chi connectivity index (χ1v) is 11.3. The lowest BCUT2D eigenvalue weighted by atomic mass is 9.77. The van der Waals surface area contributed by atoms with Crippen LogP contribution in [0.2, 0.25) is 0 Å². The van der Waals surface area contributed by atoms with Crippen molar-refractivity contribution in [2.24, 2.45) is 11.8 Å². The number of ether oxygens (including phenoxy) is 1. The molecular weight excluding hydrogens is 392 g/mol. The van der Waals surface area contributed by atoms with Crippen LogP contribution in [0.4, 0.5) is 0 Å². The average molecular weight is 425 g/mol. The minimum atomic E-state index is -0.0126. The Labute approximate surface area is 183 Å². The Morgan fingerprint density at radius 3 is 2.52 bits per heavy atom. The van der Waals surface area contributed by atoms with Gasteiger partial charge in [-0.25, -0.2) is 0 Å². The predicted octanol–water partition coefficient (Wildman–Crippen LogP) is 3.03. The fourth-order valence-corrected chi connectivity index (χ4v) is 4.96. The van der Waals surface area contributed by atoms with Crippen molar-refractivity contribution < 1.29 is 14.3 Å². The summed E-state index contributed by atoms with van der Waals surface area (Å²) in [6.07, 6.45) is 3.16. The summed E-state index contributed by atoms with van der Waals surface area (Å²) in [5, 5.41) is 10.4. The van der Waals surface area contributed by atoms with E-state index >= 15 is 0 Å². The molecule has 0 spiro atoms. The zero-order valence-corrected chi connectivity index (χ0v) is 18.6. The van der Waals surface area contributed by atoms with Crippen molar-refractivity contribution in [1.82, 2.24) is 20.4 Å². The number of aromatic amines is 1. The van der Waals surface area contributed by atoms with Crippen molar-refractivity contribution in [2.75, 3.05) is 20.2 Å². The molecule has 2 amide bonds. The number of carbonyl (C=O) groups excluding carboxylic acids is 2. The molecule has 2 N–H and O–H groups in total. The third-order valence-electron chi connectivity index (χ3n) is 6.84. The van der Waals surface area contributed by atoms with Gasteiger partial charge in [0.2, 0.25) is 5.91 Å². The van der Waals surface area contributed by atoms with Crippen molar-refractivity contribution >= 4 is 11.8 Å². The predicted molar refractivity (Wildman–Crippen MR) is 119 cm³/mol. The van der Waals surface area contributed by atoms with Crippen molar-refractivity contribution in [1.29, 1.82) is 0 Å². The van der Waals surface area contributed by atoms with Crippen LogP contribution in [0.3, 0.4) is 0 Å². The van der Waals surface area contributed by atoms with E-state index in [9.17, 15) is 9.59 Å². The lowest BCUT2D eigenvalue weighted by Gasteiger charge is -2.37. The van der Waals surface area contributed by atoms with E-state index in [2.05, 4.69) is 34.6 Å². The van der Waals surface area contributed by atoms with Gasteiger partial charge in [0, 0.05) is 32.2 Å². The fourth-order valence-electron chi connectivity index (χ4n) is 4.96. The number of likely N-dealkylation sites (tertiary alicyclic amines) is 1. The highest BCUT2D eigenvalue weighted by atomic mass is 16.5. The second kappa shape index (κ2) is 9.22. The van der Waals surface area contributed by atoms with Gasteiger partial charge in [0.25, 0.3) is 5.91 Å². The molecule has 1 aliphatic heterocycles. The van der Waals surface area contributed by atoms with Gasteiger partial charge >= 0.3 is 0 Å². The first-order valence-electron chi connectivity index (χ1n) is 11.3. The number of benzene rings is 1. The highest BCUT2D eigenvalue weighted by Crippen LogP contribution is 2.38. The molecule has 0 unspecified atom stereocenters. The van der Waals surface area contributed by atoms with Gasteiger partial charge < -0.3 is 15.0 Å². The highest BCUT2D eigenvalue weighted by molar-refractivity contribution is 5.93. The molecular formula is C24H32N4O3. The second-order valence-corrected chi connectivity index (χ2v) is 8.72. The van der Waals surface area contributed by atoms with Crippen LogP contribution in [-0.2, 0) is 16.0 Å². The Bertz CT molecular complexity index is 923. The summed E-state index contributed by atoms with van der Waals surface area (Å²) in [7, 11) is 1.70. The molecule has 7 heteroatoms. The zero-order valence-electron chi connectivity index (χ0n) is 18.6. The number of amides is 2. The molecule has 2 aromatic rings. The smallest absolute Gasteiger partial charge is 0.271 e. The van der Waals surface area contributed by atoms with Gasteiger partial charge in [-0.2, -0.15) is 5.10 Å². The van der Waals surface area contributed by atoms with E-state index in [0.717, 1.165) is 37.1 Å². The summed E-state index contributed by atoms with van der Waals surface area (Å²) in [6, 6.07) is 10.1. The number of methoxy groups -OCH3 is 1. The molecule has 1 saturated carbocycles. The summed E-state index contributed by atoms with van der Waals surface area (Å²) < 4.78 is 5.67. The molecule has 1 aliphatic carbocycles. The van der Waals surface area contributed by atoms with Crippen LogP contribution < -0.4 is 5.32 Å². The molecule has 2 heterocycles. The van der Waals surface area contributed by atoms with Crippen molar-refractivity contribution in [3.8, 4) is 11.3 Å². The molecule has 2 aliphatic rings. The normalized spacial score (nSPS) is 25.3. The number of nitrogens with zero attached hydrogens (tertiary/aromatic N) is 2. The van der Waals surface area contributed by atoms with Crippen LogP contribution in [0, 0.1) is 11.8 Å². The first kappa shape index (κ1) is 21.6. The van der Waals surface area contributed by atoms with Gasteiger partial charge in [0.05, 0.1) is 17.8 Å². The quantitative estimate of drug-likeness (QED) is 0.746. The number of hydrogen-bond acceptors (Lipinski definition) is 4. The van der Waals surface area contributed by atoms with Crippen LogP contribution in [0.5, 0.6) is 0 Å². The number of H-pyrrole nitrogens is 1. The van der Waals surface area contributed by atoms with Gasteiger partial charge in [-0.3, -0.25) is 14.7 Å². The van der Waals surface area contributed by atoms with E-state index in [1.54, 1.807) is 7.11 Å². The summed E-state index contributed by atoms with van der Waals surface area (Å²) in [4.78, 5) is 27.0. The molecule has 0 bridgehead atoms. The number of hydrogen-bond donors (Lipinski definition) is 2. The molecule has 0 radical (unpaired) electrons. The van der Waals surface area contributed by atoms with E-state index < -0.39 is 0 Å². The summed E-state index contributed by atoms with van der Waals surface area (Å²) in [5.41, 5.74) is 3.58. The molecule has 4 atom stereocenters. The molecule has 166 valence electrons. The Balaban J connectivity index is 1.43. The Kier molecular flexibility index (Phi) is 6.41. The van der Waals surface area contributed by atoms with Crippen molar-refractivity contribution in [3.05, 3.63) is 41.6 Å². The van der Waals surface area contributed by atoms with Crippen LogP contribution in [0.15, 0.2) is 30.3 Å². The lowest BCUT2D eigenvalue weighted by molar-refractivity contribution is -0.123.